The highest BCUT2D eigenvalue weighted by atomic mass is 32.2. The van der Waals surface area contributed by atoms with Crippen molar-refractivity contribution in [1.29, 1.82) is 0 Å². The molecule has 2 aromatic heterocycles. The van der Waals surface area contributed by atoms with Crippen LogP contribution in [0.25, 0.3) is 16.9 Å². The minimum absolute atomic E-state index is 0.102. The Labute approximate surface area is 174 Å². The Kier molecular flexibility index (Phi) is 5.48. The van der Waals surface area contributed by atoms with Gasteiger partial charge < -0.3 is 14.6 Å². The monoisotopic (exact) mass is 432 g/mol. The summed E-state index contributed by atoms with van der Waals surface area (Å²) in [5, 5.41) is 11.5. The first-order valence-corrected chi connectivity index (χ1v) is 11.9. The molecular formula is C20H24N4O3S2. The molecular weight excluding hydrogens is 408 g/mol. The Bertz CT molecular complexity index is 1110. The molecule has 1 aromatic carbocycles. The van der Waals surface area contributed by atoms with Gasteiger partial charge in [0.2, 0.25) is 10.0 Å². The predicted octanol–water partition coefficient (Wildman–Crippen LogP) is 3.46. The van der Waals surface area contributed by atoms with Crippen LogP contribution in [0.3, 0.4) is 0 Å². The van der Waals surface area contributed by atoms with E-state index in [9.17, 15) is 8.42 Å². The Hall–Kier alpha value is -2.20. The highest BCUT2D eigenvalue weighted by Crippen LogP contribution is 2.32. The summed E-state index contributed by atoms with van der Waals surface area (Å²) < 4.78 is 30.7. The zero-order valence-corrected chi connectivity index (χ0v) is 18.0. The molecule has 0 spiro atoms. The molecule has 3 heterocycles. The Morgan fingerprint density at radius 1 is 1.31 bits per heavy atom. The van der Waals surface area contributed by atoms with Crippen molar-refractivity contribution in [2.45, 2.75) is 37.7 Å². The van der Waals surface area contributed by atoms with Crippen LogP contribution in [0.2, 0.25) is 0 Å². The average Bonchev–Trinajstić information content (AvgIpc) is 3.40. The quantitative estimate of drug-likeness (QED) is 0.621. The first-order valence-electron chi connectivity index (χ1n) is 9.46. The lowest BCUT2D eigenvalue weighted by atomic mass is 10.2. The zero-order chi connectivity index (χ0) is 20.6. The summed E-state index contributed by atoms with van der Waals surface area (Å²) in [6, 6.07) is 8.68. The van der Waals surface area contributed by atoms with Gasteiger partial charge in [-0.1, -0.05) is 0 Å². The summed E-state index contributed by atoms with van der Waals surface area (Å²) in [6.45, 7) is 5.68. The van der Waals surface area contributed by atoms with Crippen molar-refractivity contribution < 1.29 is 13.2 Å². The van der Waals surface area contributed by atoms with Gasteiger partial charge >= 0.3 is 0 Å². The SMILES string of the molecule is Cc1cc(-c2csc(NC[C@@H]3CCCO3)n2)c(C)n1-c1ccc(S(N)(=O)=O)cc1. The molecule has 3 N–H and O–H groups in total. The van der Waals surface area contributed by atoms with Crippen molar-refractivity contribution in [3.8, 4) is 16.9 Å². The number of rotatable bonds is 6. The molecule has 1 atom stereocenters. The molecule has 0 bridgehead atoms. The van der Waals surface area contributed by atoms with E-state index in [4.69, 9.17) is 14.9 Å². The molecule has 1 aliphatic heterocycles. The summed E-state index contributed by atoms with van der Waals surface area (Å²) >= 11 is 1.58. The van der Waals surface area contributed by atoms with Crippen LogP contribution in [0.1, 0.15) is 24.2 Å². The number of nitrogens with two attached hydrogens (primary N) is 1. The molecule has 9 heteroatoms. The fourth-order valence-electron chi connectivity index (χ4n) is 3.69. The minimum Gasteiger partial charge on any atom is -0.376 e. The normalized spacial score (nSPS) is 17.0. The van der Waals surface area contributed by atoms with Gasteiger partial charge in [-0.25, -0.2) is 18.5 Å². The second-order valence-electron chi connectivity index (χ2n) is 7.21. The van der Waals surface area contributed by atoms with Crippen LogP contribution in [0.5, 0.6) is 0 Å². The molecule has 1 saturated heterocycles. The van der Waals surface area contributed by atoms with Crippen LogP contribution in [0, 0.1) is 13.8 Å². The number of anilines is 1. The summed E-state index contributed by atoms with van der Waals surface area (Å²) in [5.41, 5.74) is 4.94. The summed E-state index contributed by atoms with van der Waals surface area (Å²) in [6.07, 6.45) is 2.49. The number of primary sulfonamides is 1. The number of hydrogen-bond acceptors (Lipinski definition) is 6. The number of benzene rings is 1. The van der Waals surface area contributed by atoms with Crippen LogP contribution in [0.15, 0.2) is 40.6 Å². The Morgan fingerprint density at radius 2 is 2.07 bits per heavy atom. The Balaban J connectivity index is 1.57. The third-order valence-corrected chi connectivity index (χ3v) is 6.87. The molecule has 7 nitrogen and oxygen atoms in total. The number of nitrogens with zero attached hydrogens (tertiary/aromatic N) is 2. The average molecular weight is 433 g/mol. The van der Waals surface area contributed by atoms with Gasteiger partial charge in [0.1, 0.15) is 0 Å². The fourth-order valence-corrected chi connectivity index (χ4v) is 4.93. The van der Waals surface area contributed by atoms with Crippen LogP contribution in [0.4, 0.5) is 5.13 Å². The summed E-state index contributed by atoms with van der Waals surface area (Å²) in [7, 11) is -3.70. The third-order valence-electron chi connectivity index (χ3n) is 5.14. The second-order valence-corrected chi connectivity index (χ2v) is 9.63. The van der Waals surface area contributed by atoms with E-state index >= 15 is 0 Å². The number of aryl methyl sites for hydroxylation is 1. The molecule has 154 valence electrons. The van der Waals surface area contributed by atoms with E-state index in [1.807, 2.05) is 19.2 Å². The fraction of sp³-hybridized carbons (Fsp3) is 0.350. The maximum atomic E-state index is 11.5. The lowest BCUT2D eigenvalue weighted by molar-refractivity contribution is 0.120. The van der Waals surface area contributed by atoms with Gasteiger partial charge in [-0.15, -0.1) is 11.3 Å². The maximum absolute atomic E-state index is 11.5. The zero-order valence-electron chi connectivity index (χ0n) is 16.4. The molecule has 1 aliphatic rings. The predicted molar refractivity (Wildman–Crippen MR) is 115 cm³/mol. The van der Waals surface area contributed by atoms with Crippen molar-refractivity contribution >= 4 is 26.5 Å². The number of sulfonamides is 1. The number of nitrogens with one attached hydrogen (secondary N) is 1. The second kappa shape index (κ2) is 7.91. The van der Waals surface area contributed by atoms with Gasteiger partial charge in [-0.2, -0.15) is 0 Å². The van der Waals surface area contributed by atoms with Crippen molar-refractivity contribution in [3.63, 3.8) is 0 Å². The number of thiazole rings is 1. The first kappa shape index (κ1) is 20.1. The van der Waals surface area contributed by atoms with E-state index in [0.29, 0.717) is 0 Å². The van der Waals surface area contributed by atoms with E-state index in [2.05, 4.69) is 16.0 Å². The van der Waals surface area contributed by atoms with Crippen LogP contribution >= 0.6 is 11.3 Å². The molecule has 1 fully saturated rings. The van der Waals surface area contributed by atoms with Crippen LogP contribution in [-0.2, 0) is 14.8 Å². The standard InChI is InChI=1S/C20H24N4O3S2/c1-13-10-18(19-12-28-20(23-19)22-11-16-4-3-9-27-16)14(2)24(13)15-5-7-17(8-6-15)29(21,25)26/h5-8,10,12,16H,3-4,9,11H2,1-2H3,(H,22,23)(H2,21,25,26)/t16-/m0/s1. The first-order chi connectivity index (χ1) is 13.8. The molecule has 0 radical (unpaired) electrons. The highest BCUT2D eigenvalue weighted by molar-refractivity contribution is 7.89. The number of aromatic nitrogens is 2. The van der Waals surface area contributed by atoms with Crippen molar-refractivity contribution in [2.24, 2.45) is 5.14 Å². The molecule has 0 amide bonds. The summed E-state index contributed by atoms with van der Waals surface area (Å²) in [4.78, 5) is 4.84. The smallest absolute Gasteiger partial charge is 0.238 e. The molecule has 0 aliphatic carbocycles. The van der Waals surface area contributed by atoms with Gasteiger partial charge in [0, 0.05) is 41.2 Å². The Morgan fingerprint density at radius 3 is 2.72 bits per heavy atom. The van der Waals surface area contributed by atoms with E-state index in [0.717, 1.165) is 59.5 Å². The largest absolute Gasteiger partial charge is 0.376 e. The van der Waals surface area contributed by atoms with Gasteiger partial charge in [-0.3, -0.25) is 0 Å². The third kappa shape index (κ3) is 4.23. The molecule has 3 aromatic rings. The van der Waals surface area contributed by atoms with Gasteiger partial charge in [0.25, 0.3) is 0 Å². The van der Waals surface area contributed by atoms with E-state index < -0.39 is 10.0 Å². The molecule has 4 rings (SSSR count). The van der Waals surface area contributed by atoms with Gasteiger partial charge in [0.15, 0.2) is 5.13 Å². The van der Waals surface area contributed by atoms with Gasteiger partial charge in [-0.05, 0) is 57.0 Å². The molecule has 0 unspecified atom stereocenters. The van der Waals surface area contributed by atoms with Gasteiger partial charge in [0.05, 0.1) is 16.7 Å². The van der Waals surface area contributed by atoms with Crippen molar-refractivity contribution in [1.82, 2.24) is 9.55 Å². The van der Waals surface area contributed by atoms with Crippen LogP contribution in [-0.4, -0.2) is 37.2 Å². The molecule has 0 saturated carbocycles. The molecule has 29 heavy (non-hydrogen) atoms. The van der Waals surface area contributed by atoms with E-state index in [1.165, 1.54) is 12.1 Å². The van der Waals surface area contributed by atoms with E-state index in [1.54, 1.807) is 23.5 Å². The van der Waals surface area contributed by atoms with Crippen LogP contribution < -0.4 is 10.5 Å². The lowest BCUT2D eigenvalue weighted by Crippen LogP contribution is -2.18. The highest BCUT2D eigenvalue weighted by Gasteiger charge is 2.18. The minimum atomic E-state index is -3.70. The van der Waals surface area contributed by atoms with Crippen molar-refractivity contribution in [2.75, 3.05) is 18.5 Å². The maximum Gasteiger partial charge on any atom is 0.238 e. The number of hydrogen-bond donors (Lipinski definition) is 2. The number of ether oxygens (including phenoxy) is 1. The van der Waals surface area contributed by atoms with E-state index in [-0.39, 0.29) is 11.0 Å². The lowest BCUT2D eigenvalue weighted by Gasteiger charge is -2.10. The summed E-state index contributed by atoms with van der Waals surface area (Å²) in [5.74, 6) is 0. The topological polar surface area (TPSA) is 99.2 Å². The van der Waals surface area contributed by atoms with Crippen molar-refractivity contribution in [3.05, 3.63) is 47.1 Å².